The fourth-order valence-corrected chi connectivity index (χ4v) is 1.30. The molecule has 0 aromatic carbocycles. The third-order valence-corrected chi connectivity index (χ3v) is 2.03. The Kier molecular flexibility index (Phi) is 2.69. The van der Waals surface area contributed by atoms with Crippen molar-refractivity contribution < 1.29 is 9.84 Å². The molecule has 1 fully saturated rings. The van der Waals surface area contributed by atoms with Crippen LogP contribution >= 0.6 is 0 Å². The molecule has 0 aliphatic carbocycles. The second-order valence-electron chi connectivity index (χ2n) is 3.29. The summed E-state index contributed by atoms with van der Waals surface area (Å²) < 4.78 is 5.33. The minimum atomic E-state index is -0.262. The predicted octanol–water partition coefficient (Wildman–Crippen LogP) is 1.18. The fourth-order valence-electron chi connectivity index (χ4n) is 1.30. The molecular formula is C8H16O2. The predicted molar refractivity (Wildman–Crippen MR) is 39.8 cm³/mol. The standard InChI is InChI=1S/C8H16O2/c1-6(2)8(9)7-4-3-5-10-7/h6-9H,3-5H2,1-2H3. The van der Waals surface area contributed by atoms with E-state index in [0.717, 1.165) is 19.4 Å². The first kappa shape index (κ1) is 8.02. The molecule has 0 aromatic rings. The highest BCUT2D eigenvalue weighted by molar-refractivity contribution is 4.75. The summed E-state index contributed by atoms with van der Waals surface area (Å²) in [6.07, 6.45) is 1.98. The largest absolute Gasteiger partial charge is 0.390 e. The number of hydrogen-bond acceptors (Lipinski definition) is 2. The molecule has 1 rings (SSSR count). The van der Waals surface area contributed by atoms with Gasteiger partial charge in [0.25, 0.3) is 0 Å². The van der Waals surface area contributed by atoms with E-state index in [4.69, 9.17) is 4.74 Å². The van der Waals surface area contributed by atoms with Crippen molar-refractivity contribution in [3.63, 3.8) is 0 Å². The van der Waals surface area contributed by atoms with Crippen molar-refractivity contribution >= 4 is 0 Å². The lowest BCUT2D eigenvalue weighted by Gasteiger charge is -2.20. The Morgan fingerprint density at radius 1 is 1.50 bits per heavy atom. The van der Waals surface area contributed by atoms with Crippen LogP contribution in [0.15, 0.2) is 0 Å². The Morgan fingerprint density at radius 2 is 2.20 bits per heavy atom. The highest BCUT2D eigenvalue weighted by Crippen LogP contribution is 2.19. The summed E-state index contributed by atoms with van der Waals surface area (Å²) in [6.45, 7) is 4.87. The molecule has 10 heavy (non-hydrogen) atoms. The number of rotatable bonds is 2. The van der Waals surface area contributed by atoms with E-state index in [9.17, 15) is 5.11 Å². The maximum atomic E-state index is 9.50. The van der Waals surface area contributed by atoms with Crippen molar-refractivity contribution in [2.75, 3.05) is 6.61 Å². The van der Waals surface area contributed by atoms with Gasteiger partial charge in [-0.15, -0.1) is 0 Å². The van der Waals surface area contributed by atoms with E-state index in [-0.39, 0.29) is 12.2 Å². The molecule has 0 amide bonds. The molecule has 0 radical (unpaired) electrons. The van der Waals surface area contributed by atoms with Gasteiger partial charge in [-0.2, -0.15) is 0 Å². The lowest BCUT2D eigenvalue weighted by Crippen LogP contribution is -2.29. The number of ether oxygens (including phenoxy) is 1. The van der Waals surface area contributed by atoms with Gasteiger partial charge < -0.3 is 9.84 Å². The molecule has 60 valence electrons. The monoisotopic (exact) mass is 144 g/mol. The quantitative estimate of drug-likeness (QED) is 0.630. The maximum Gasteiger partial charge on any atom is 0.0837 e. The minimum absolute atomic E-state index is 0.111. The molecule has 1 N–H and O–H groups in total. The number of aliphatic hydroxyl groups excluding tert-OH is 1. The van der Waals surface area contributed by atoms with E-state index >= 15 is 0 Å². The van der Waals surface area contributed by atoms with E-state index in [0.29, 0.717) is 5.92 Å². The summed E-state index contributed by atoms with van der Waals surface area (Å²) in [7, 11) is 0. The molecule has 0 bridgehead atoms. The van der Waals surface area contributed by atoms with E-state index in [2.05, 4.69) is 0 Å². The van der Waals surface area contributed by atoms with Crippen LogP contribution in [-0.2, 0) is 4.74 Å². The summed E-state index contributed by atoms with van der Waals surface area (Å²) in [5, 5.41) is 9.50. The van der Waals surface area contributed by atoms with Crippen LogP contribution in [-0.4, -0.2) is 23.9 Å². The first-order valence-corrected chi connectivity index (χ1v) is 4.01. The van der Waals surface area contributed by atoms with Crippen molar-refractivity contribution in [2.45, 2.75) is 38.9 Å². The van der Waals surface area contributed by atoms with Gasteiger partial charge in [-0.25, -0.2) is 0 Å². The van der Waals surface area contributed by atoms with Crippen LogP contribution in [0.2, 0.25) is 0 Å². The Labute approximate surface area is 62.2 Å². The summed E-state index contributed by atoms with van der Waals surface area (Å²) in [4.78, 5) is 0. The molecule has 2 atom stereocenters. The zero-order chi connectivity index (χ0) is 7.56. The number of hydrogen-bond donors (Lipinski definition) is 1. The average Bonchev–Trinajstić information content (AvgIpc) is 2.36. The second-order valence-corrected chi connectivity index (χ2v) is 3.29. The van der Waals surface area contributed by atoms with Crippen molar-refractivity contribution in [1.82, 2.24) is 0 Å². The van der Waals surface area contributed by atoms with Gasteiger partial charge in [0.15, 0.2) is 0 Å². The minimum Gasteiger partial charge on any atom is -0.390 e. The van der Waals surface area contributed by atoms with Crippen molar-refractivity contribution in [1.29, 1.82) is 0 Å². The molecule has 1 aliphatic rings. The first-order valence-electron chi connectivity index (χ1n) is 4.01. The second kappa shape index (κ2) is 3.35. The Hall–Kier alpha value is -0.0800. The zero-order valence-corrected chi connectivity index (χ0v) is 6.71. The lowest BCUT2D eigenvalue weighted by molar-refractivity contribution is -0.0242. The molecule has 2 nitrogen and oxygen atoms in total. The maximum absolute atomic E-state index is 9.50. The van der Waals surface area contributed by atoms with Crippen LogP contribution in [0.4, 0.5) is 0 Å². The van der Waals surface area contributed by atoms with Gasteiger partial charge in [0, 0.05) is 6.61 Å². The average molecular weight is 144 g/mol. The highest BCUT2D eigenvalue weighted by atomic mass is 16.5. The summed E-state index contributed by atoms with van der Waals surface area (Å²) >= 11 is 0. The van der Waals surface area contributed by atoms with Gasteiger partial charge >= 0.3 is 0 Å². The van der Waals surface area contributed by atoms with Crippen molar-refractivity contribution in [3.8, 4) is 0 Å². The normalized spacial score (nSPS) is 29.4. The van der Waals surface area contributed by atoms with Gasteiger partial charge in [-0.3, -0.25) is 0 Å². The summed E-state index contributed by atoms with van der Waals surface area (Å²) in [5.74, 6) is 0.322. The molecule has 0 aromatic heterocycles. The van der Waals surface area contributed by atoms with Crippen molar-refractivity contribution in [2.24, 2.45) is 5.92 Å². The molecule has 1 saturated heterocycles. The molecule has 2 unspecified atom stereocenters. The third kappa shape index (κ3) is 1.70. The lowest BCUT2D eigenvalue weighted by atomic mass is 10.0. The molecule has 2 heteroatoms. The Balaban J connectivity index is 2.32. The summed E-state index contributed by atoms with van der Waals surface area (Å²) in [5.41, 5.74) is 0. The van der Waals surface area contributed by atoms with E-state index in [1.54, 1.807) is 0 Å². The smallest absolute Gasteiger partial charge is 0.0837 e. The van der Waals surface area contributed by atoms with Crippen LogP contribution in [0.25, 0.3) is 0 Å². The number of aliphatic hydroxyl groups is 1. The van der Waals surface area contributed by atoms with Gasteiger partial charge in [-0.1, -0.05) is 13.8 Å². The van der Waals surface area contributed by atoms with Gasteiger partial charge in [0.05, 0.1) is 12.2 Å². The van der Waals surface area contributed by atoms with Crippen LogP contribution in [0, 0.1) is 5.92 Å². The Morgan fingerprint density at radius 3 is 2.60 bits per heavy atom. The fraction of sp³-hybridized carbons (Fsp3) is 1.00. The first-order chi connectivity index (χ1) is 4.72. The molecule has 0 spiro atoms. The summed E-state index contributed by atoms with van der Waals surface area (Å²) in [6, 6.07) is 0. The van der Waals surface area contributed by atoms with Crippen LogP contribution in [0.3, 0.4) is 0 Å². The molecule has 1 heterocycles. The van der Waals surface area contributed by atoms with Gasteiger partial charge in [0.1, 0.15) is 0 Å². The Bertz CT molecular complexity index is 95.4. The molecule has 1 aliphatic heterocycles. The molecular weight excluding hydrogens is 128 g/mol. The van der Waals surface area contributed by atoms with E-state index < -0.39 is 0 Å². The highest BCUT2D eigenvalue weighted by Gasteiger charge is 2.25. The zero-order valence-electron chi connectivity index (χ0n) is 6.71. The van der Waals surface area contributed by atoms with E-state index in [1.807, 2.05) is 13.8 Å². The topological polar surface area (TPSA) is 29.5 Å². The van der Waals surface area contributed by atoms with Crippen LogP contribution in [0.5, 0.6) is 0 Å². The SMILES string of the molecule is CC(C)C(O)C1CCCO1. The van der Waals surface area contributed by atoms with Crippen molar-refractivity contribution in [3.05, 3.63) is 0 Å². The van der Waals surface area contributed by atoms with Gasteiger partial charge in [0.2, 0.25) is 0 Å². The third-order valence-electron chi connectivity index (χ3n) is 2.03. The van der Waals surface area contributed by atoms with Gasteiger partial charge in [-0.05, 0) is 18.8 Å². The molecule has 0 saturated carbocycles. The van der Waals surface area contributed by atoms with E-state index in [1.165, 1.54) is 0 Å². The van der Waals surface area contributed by atoms with Crippen LogP contribution in [0.1, 0.15) is 26.7 Å². The van der Waals surface area contributed by atoms with Crippen LogP contribution < -0.4 is 0 Å².